The molecular weight excluding hydrogens is 245 g/mol. The Bertz CT molecular complexity index is 598. The van der Waals surface area contributed by atoms with E-state index in [1.54, 1.807) is 6.07 Å². The van der Waals surface area contributed by atoms with Crippen molar-refractivity contribution < 1.29 is 17.6 Å². The molecule has 1 aromatic rings. The molecule has 1 aromatic carbocycles. The quantitative estimate of drug-likeness (QED) is 0.743. The summed E-state index contributed by atoms with van der Waals surface area (Å²) < 4.78 is 36.2. The van der Waals surface area contributed by atoms with Crippen LogP contribution in [0.2, 0.25) is 0 Å². The molecule has 3 saturated heterocycles. The standard InChI is InChI=1S/C11H10FNO3S/c12-7-2-1-3-8(4-7)13-6-9-5-10(11(13)14)17(9,15)16/h1-4,9-10H,5-6H2. The summed E-state index contributed by atoms with van der Waals surface area (Å²) in [6.07, 6.45) is 0.410. The van der Waals surface area contributed by atoms with E-state index >= 15 is 0 Å². The van der Waals surface area contributed by atoms with Crippen LogP contribution in [-0.4, -0.2) is 31.4 Å². The molecule has 0 N–H and O–H groups in total. The number of amides is 1. The number of anilines is 1. The Balaban J connectivity index is 1.96. The smallest absolute Gasteiger partial charge is 0.245 e. The van der Waals surface area contributed by atoms with Crippen LogP contribution in [0.25, 0.3) is 0 Å². The molecule has 0 saturated carbocycles. The Labute approximate surface area is 98.0 Å². The maximum Gasteiger partial charge on any atom is 0.245 e. The van der Waals surface area contributed by atoms with E-state index in [0.717, 1.165) is 0 Å². The van der Waals surface area contributed by atoms with Crippen LogP contribution in [-0.2, 0) is 14.6 Å². The fourth-order valence-corrected chi connectivity index (χ4v) is 4.21. The average Bonchev–Trinajstić information content (AvgIpc) is 2.28. The number of sulfone groups is 1. The number of rotatable bonds is 1. The van der Waals surface area contributed by atoms with Gasteiger partial charge in [-0.1, -0.05) is 6.07 Å². The van der Waals surface area contributed by atoms with E-state index in [4.69, 9.17) is 0 Å². The summed E-state index contributed by atoms with van der Waals surface area (Å²) in [5, 5.41) is -1.39. The summed E-state index contributed by atoms with van der Waals surface area (Å²) in [6, 6.07) is 5.65. The number of carbonyl (C=O) groups excluding carboxylic acids is 1. The van der Waals surface area contributed by atoms with Crippen LogP contribution in [0.5, 0.6) is 0 Å². The van der Waals surface area contributed by atoms with Gasteiger partial charge in [0.05, 0.1) is 5.25 Å². The van der Waals surface area contributed by atoms with E-state index < -0.39 is 32.1 Å². The van der Waals surface area contributed by atoms with Crippen molar-refractivity contribution in [3.63, 3.8) is 0 Å². The highest BCUT2D eigenvalue weighted by molar-refractivity contribution is 7.95. The summed E-state index contributed by atoms with van der Waals surface area (Å²) in [4.78, 5) is 13.3. The minimum absolute atomic E-state index is 0.140. The lowest BCUT2D eigenvalue weighted by Gasteiger charge is -2.45. The normalized spacial score (nSPS) is 29.9. The molecule has 4 rings (SSSR count). The molecule has 17 heavy (non-hydrogen) atoms. The van der Waals surface area contributed by atoms with Gasteiger partial charge in [-0.15, -0.1) is 0 Å². The van der Waals surface area contributed by atoms with Crippen LogP contribution in [0.3, 0.4) is 0 Å². The van der Waals surface area contributed by atoms with Crippen molar-refractivity contribution in [2.75, 3.05) is 11.4 Å². The first-order valence-electron chi connectivity index (χ1n) is 5.30. The molecule has 90 valence electrons. The highest BCUT2D eigenvalue weighted by Crippen LogP contribution is 2.38. The van der Waals surface area contributed by atoms with Crippen molar-refractivity contribution in [2.45, 2.75) is 16.9 Å². The lowest BCUT2D eigenvalue weighted by atomic mass is 10.1. The second-order valence-electron chi connectivity index (χ2n) is 4.36. The topological polar surface area (TPSA) is 54.5 Å². The van der Waals surface area contributed by atoms with Gasteiger partial charge in [0.15, 0.2) is 9.84 Å². The third-order valence-corrected chi connectivity index (χ3v) is 5.84. The minimum atomic E-state index is -3.25. The summed E-state index contributed by atoms with van der Waals surface area (Å²) in [7, 11) is -3.25. The number of benzene rings is 1. The van der Waals surface area contributed by atoms with Crippen LogP contribution >= 0.6 is 0 Å². The van der Waals surface area contributed by atoms with E-state index in [2.05, 4.69) is 0 Å². The van der Waals surface area contributed by atoms with Gasteiger partial charge in [0.25, 0.3) is 0 Å². The number of halogens is 1. The highest BCUT2D eigenvalue weighted by Gasteiger charge is 2.57. The maximum atomic E-state index is 13.1. The lowest BCUT2D eigenvalue weighted by Crippen LogP contribution is -2.65. The van der Waals surface area contributed by atoms with Gasteiger partial charge in [0.2, 0.25) is 5.91 Å². The molecule has 3 aliphatic rings. The Kier molecular flexibility index (Phi) is 2.07. The number of piperidine rings is 1. The number of carbonyl (C=O) groups is 1. The molecule has 0 radical (unpaired) electrons. The molecule has 2 bridgehead atoms. The van der Waals surface area contributed by atoms with Crippen LogP contribution in [0, 0.1) is 5.82 Å². The van der Waals surface area contributed by atoms with Crippen molar-refractivity contribution in [1.29, 1.82) is 0 Å². The van der Waals surface area contributed by atoms with Crippen LogP contribution in [0.4, 0.5) is 10.1 Å². The molecule has 2 unspecified atom stereocenters. The molecular formula is C11H10FNO3S. The van der Waals surface area contributed by atoms with Crippen molar-refractivity contribution >= 4 is 21.4 Å². The summed E-state index contributed by atoms with van der Waals surface area (Å²) in [5.41, 5.74) is 0.430. The lowest BCUT2D eigenvalue weighted by molar-refractivity contribution is -0.119. The number of nitrogens with zero attached hydrogens (tertiary/aromatic N) is 1. The monoisotopic (exact) mass is 255 g/mol. The Morgan fingerprint density at radius 3 is 2.71 bits per heavy atom. The van der Waals surface area contributed by atoms with Crippen LogP contribution in [0.1, 0.15) is 6.42 Å². The van der Waals surface area contributed by atoms with E-state index in [1.165, 1.54) is 23.1 Å². The largest absolute Gasteiger partial charge is 0.310 e. The molecule has 3 aliphatic heterocycles. The van der Waals surface area contributed by atoms with Gasteiger partial charge in [0.1, 0.15) is 11.1 Å². The first kappa shape index (κ1) is 10.7. The number of hydrogen-bond donors (Lipinski definition) is 0. The van der Waals surface area contributed by atoms with Crippen LogP contribution < -0.4 is 4.90 Å². The minimum Gasteiger partial charge on any atom is -0.310 e. The van der Waals surface area contributed by atoms with Gasteiger partial charge < -0.3 is 4.90 Å². The second-order valence-corrected chi connectivity index (χ2v) is 6.78. The predicted molar refractivity (Wildman–Crippen MR) is 59.9 cm³/mol. The second kappa shape index (κ2) is 3.29. The van der Waals surface area contributed by atoms with Gasteiger partial charge in [-0.25, -0.2) is 12.8 Å². The molecule has 4 nitrogen and oxygen atoms in total. The van der Waals surface area contributed by atoms with Crippen LogP contribution in [0.15, 0.2) is 24.3 Å². The highest BCUT2D eigenvalue weighted by atomic mass is 32.2. The zero-order valence-corrected chi connectivity index (χ0v) is 9.65. The van der Waals surface area contributed by atoms with Gasteiger partial charge in [-0.2, -0.15) is 0 Å². The molecule has 6 heteroatoms. The summed E-state index contributed by atoms with van der Waals surface area (Å²) in [5.74, 6) is -0.865. The van der Waals surface area contributed by atoms with Crippen molar-refractivity contribution in [2.24, 2.45) is 0 Å². The summed E-state index contributed by atoms with van der Waals surface area (Å²) >= 11 is 0. The average molecular weight is 255 g/mol. The van der Waals surface area contributed by atoms with Gasteiger partial charge in [-0.3, -0.25) is 4.79 Å². The SMILES string of the molecule is O=C1C2CC(CN1c1cccc(F)c1)S2(=O)=O. The van der Waals surface area contributed by atoms with Crippen molar-refractivity contribution in [1.82, 2.24) is 0 Å². The number of hydrogen-bond acceptors (Lipinski definition) is 3. The first-order chi connectivity index (χ1) is 8.00. The first-order valence-corrected chi connectivity index (χ1v) is 6.91. The molecule has 3 fully saturated rings. The molecule has 0 aliphatic carbocycles. The Morgan fingerprint density at radius 1 is 1.35 bits per heavy atom. The van der Waals surface area contributed by atoms with E-state index in [9.17, 15) is 17.6 Å². The molecule has 0 spiro atoms. The van der Waals surface area contributed by atoms with Crippen molar-refractivity contribution in [3.8, 4) is 0 Å². The summed E-state index contributed by atoms with van der Waals surface area (Å²) in [6.45, 7) is 0.140. The predicted octanol–water partition coefficient (Wildman–Crippen LogP) is 0.728. The zero-order chi connectivity index (χ0) is 12.2. The molecule has 2 atom stereocenters. The zero-order valence-electron chi connectivity index (χ0n) is 8.84. The Hall–Kier alpha value is -1.43. The fourth-order valence-electron chi connectivity index (χ4n) is 2.38. The number of fused-ring (bicyclic) bond motifs is 2. The fraction of sp³-hybridized carbons (Fsp3) is 0.364. The van der Waals surface area contributed by atoms with E-state index in [-0.39, 0.29) is 6.54 Å². The van der Waals surface area contributed by atoms with Crippen molar-refractivity contribution in [3.05, 3.63) is 30.1 Å². The van der Waals surface area contributed by atoms with Gasteiger partial charge in [-0.05, 0) is 24.6 Å². The third-order valence-electron chi connectivity index (χ3n) is 3.39. The maximum absolute atomic E-state index is 13.1. The van der Waals surface area contributed by atoms with Gasteiger partial charge in [0, 0.05) is 12.2 Å². The molecule has 0 aromatic heterocycles. The molecule has 3 heterocycles. The Morgan fingerprint density at radius 2 is 2.12 bits per heavy atom. The third kappa shape index (κ3) is 1.40. The van der Waals surface area contributed by atoms with E-state index in [1.807, 2.05) is 0 Å². The van der Waals surface area contributed by atoms with E-state index in [0.29, 0.717) is 12.1 Å². The molecule has 1 amide bonds. The van der Waals surface area contributed by atoms with Gasteiger partial charge >= 0.3 is 0 Å².